The Morgan fingerprint density at radius 1 is 1.71 bits per heavy atom. The molecule has 5 nitrogen and oxygen atoms in total. The lowest BCUT2D eigenvalue weighted by Gasteiger charge is -2.16. The molecule has 0 bridgehead atoms. The summed E-state index contributed by atoms with van der Waals surface area (Å²) in [5, 5.41) is 20.7. The number of nitriles is 1. The van der Waals surface area contributed by atoms with Crippen molar-refractivity contribution in [2.45, 2.75) is 6.04 Å². The molecule has 0 amide bonds. The topological polar surface area (TPSA) is 82.3 Å². The Kier molecular flexibility index (Phi) is 4.94. The van der Waals surface area contributed by atoms with Crippen LogP contribution in [0.3, 0.4) is 0 Å². The third-order valence-corrected chi connectivity index (χ3v) is 2.59. The predicted octanol–water partition coefficient (Wildman–Crippen LogP) is 1.27. The van der Waals surface area contributed by atoms with E-state index in [4.69, 9.17) is 10.4 Å². The van der Waals surface area contributed by atoms with Crippen LogP contribution in [0.15, 0.2) is 22.7 Å². The first-order valence-corrected chi connectivity index (χ1v) is 5.56. The van der Waals surface area contributed by atoms with E-state index in [2.05, 4.69) is 26.0 Å². The lowest BCUT2D eigenvalue weighted by molar-refractivity contribution is -0.142. The highest BCUT2D eigenvalue weighted by Gasteiger charge is 2.19. The average Bonchev–Trinajstić information content (AvgIpc) is 2.35. The molecule has 0 aliphatic heterocycles. The Balaban J connectivity index is 2.97. The average molecular weight is 299 g/mol. The molecular weight excluding hydrogens is 288 g/mol. The van der Waals surface area contributed by atoms with Crippen LogP contribution in [0.1, 0.15) is 5.56 Å². The van der Waals surface area contributed by atoms with Gasteiger partial charge in [0.05, 0.1) is 25.0 Å². The van der Waals surface area contributed by atoms with E-state index in [-0.39, 0.29) is 0 Å². The third-order valence-electron chi connectivity index (χ3n) is 2.10. The second-order valence-corrected chi connectivity index (χ2v) is 4.12. The largest absolute Gasteiger partial charge is 0.467 e. The third kappa shape index (κ3) is 3.44. The zero-order chi connectivity index (χ0) is 12.8. The fourth-order valence-electron chi connectivity index (χ4n) is 1.24. The number of esters is 1. The van der Waals surface area contributed by atoms with Gasteiger partial charge in [0.1, 0.15) is 12.1 Å². The number of nitrogens with one attached hydrogen (secondary N) is 1. The maximum Gasteiger partial charge on any atom is 0.330 e. The Morgan fingerprint density at radius 3 is 2.94 bits per heavy atom. The molecule has 17 heavy (non-hydrogen) atoms. The van der Waals surface area contributed by atoms with Crippen molar-refractivity contribution in [2.75, 3.05) is 19.0 Å². The number of carbonyl (C=O) groups is 1. The van der Waals surface area contributed by atoms with Gasteiger partial charge in [-0.1, -0.05) is 15.9 Å². The molecule has 0 spiro atoms. The molecule has 0 radical (unpaired) electrons. The molecule has 0 aliphatic carbocycles. The molecule has 6 heteroatoms. The molecule has 0 heterocycles. The number of hydrogen-bond acceptors (Lipinski definition) is 5. The number of halogens is 1. The van der Waals surface area contributed by atoms with Gasteiger partial charge in [-0.15, -0.1) is 0 Å². The van der Waals surface area contributed by atoms with Crippen LogP contribution in [-0.4, -0.2) is 30.8 Å². The van der Waals surface area contributed by atoms with E-state index in [0.717, 1.165) is 4.47 Å². The van der Waals surface area contributed by atoms with Gasteiger partial charge in [-0.2, -0.15) is 5.26 Å². The van der Waals surface area contributed by atoms with Gasteiger partial charge in [0.25, 0.3) is 0 Å². The molecule has 1 aromatic carbocycles. The number of nitrogens with zero attached hydrogens (tertiary/aromatic N) is 1. The molecule has 1 aromatic rings. The van der Waals surface area contributed by atoms with Gasteiger partial charge < -0.3 is 15.2 Å². The van der Waals surface area contributed by atoms with E-state index in [1.54, 1.807) is 18.2 Å². The van der Waals surface area contributed by atoms with Gasteiger partial charge in [-0.3, -0.25) is 0 Å². The Labute approximate surface area is 107 Å². The number of hydrogen-bond donors (Lipinski definition) is 2. The van der Waals surface area contributed by atoms with Crippen molar-refractivity contribution in [1.29, 1.82) is 5.26 Å². The summed E-state index contributed by atoms with van der Waals surface area (Å²) < 4.78 is 5.29. The van der Waals surface area contributed by atoms with Crippen LogP contribution < -0.4 is 5.32 Å². The minimum atomic E-state index is -0.888. The number of aliphatic hydroxyl groups excluding tert-OH is 1. The number of methoxy groups -OCH3 is 1. The van der Waals surface area contributed by atoms with Crippen LogP contribution >= 0.6 is 15.9 Å². The zero-order valence-corrected chi connectivity index (χ0v) is 10.7. The number of anilines is 1. The Bertz CT molecular complexity index is 457. The van der Waals surface area contributed by atoms with E-state index < -0.39 is 18.6 Å². The number of rotatable bonds is 4. The summed E-state index contributed by atoms with van der Waals surface area (Å²) in [6.07, 6.45) is 0. The van der Waals surface area contributed by atoms with E-state index in [0.29, 0.717) is 11.3 Å². The minimum absolute atomic E-state index is 0.385. The summed E-state index contributed by atoms with van der Waals surface area (Å²) in [5.41, 5.74) is 0.849. The Hall–Kier alpha value is -1.58. The first kappa shape index (κ1) is 13.5. The monoisotopic (exact) mass is 298 g/mol. The molecule has 1 unspecified atom stereocenters. The van der Waals surface area contributed by atoms with Crippen molar-refractivity contribution in [2.24, 2.45) is 0 Å². The first-order valence-electron chi connectivity index (χ1n) is 4.77. The summed E-state index contributed by atoms with van der Waals surface area (Å²) in [5.74, 6) is -0.587. The number of ether oxygens (including phenoxy) is 1. The number of carbonyl (C=O) groups excluding carboxylic acids is 1. The normalized spacial score (nSPS) is 11.4. The standard InChI is InChI=1S/C11H11BrN2O3/c1-17-11(16)10(6-15)14-9-4-8(12)3-2-7(9)5-13/h2-4,10,14-15H,6H2,1H3. The van der Waals surface area contributed by atoms with Crippen LogP contribution in [0.5, 0.6) is 0 Å². The molecule has 0 saturated heterocycles. The van der Waals surface area contributed by atoms with Crippen LogP contribution in [-0.2, 0) is 9.53 Å². The number of aliphatic hydroxyl groups is 1. The first-order chi connectivity index (χ1) is 8.12. The van der Waals surface area contributed by atoms with Crippen molar-refractivity contribution in [3.05, 3.63) is 28.2 Å². The smallest absolute Gasteiger partial charge is 0.330 e. The van der Waals surface area contributed by atoms with Crippen molar-refractivity contribution in [3.63, 3.8) is 0 Å². The maximum absolute atomic E-state index is 11.3. The SMILES string of the molecule is COC(=O)C(CO)Nc1cc(Br)ccc1C#N. The molecule has 0 fully saturated rings. The van der Waals surface area contributed by atoms with Gasteiger partial charge in [0, 0.05) is 4.47 Å². The summed E-state index contributed by atoms with van der Waals surface area (Å²) in [6.45, 7) is -0.413. The molecular formula is C11H11BrN2O3. The van der Waals surface area contributed by atoms with Crippen LogP contribution in [0, 0.1) is 11.3 Å². The van der Waals surface area contributed by atoms with E-state index >= 15 is 0 Å². The molecule has 90 valence electrons. The highest BCUT2D eigenvalue weighted by atomic mass is 79.9. The van der Waals surface area contributed by atoms with Crippen molar-refractivity contribution >= 4 is 27.6 Å². The van der Waals surface area contributed by atoms with Gasteiger partial charge in [-0.05, 0) is 18.2 Å². The van der Waals surface area contributed by atoms with Crippen molar-refractivity contribution in [1.82, 2.24) is 0 Å². The highest BCUT2D eigenvalue weighted by molar-refractivity contribution is 9.10. The fraction of sp³-hybridized carbons (Fsp3) is 0.273. The van der Waals surface area contributed by atoms with Crippen LogP contribution in [0.4, 0.5) is 5.69 Å². The van der Waals surface area contributed by atoms with Gasteiger partial charge in [0.15, 0.2) is 0 Å². The molecule has 1 atom stereocenters. The van der Waals surface area contributed by atoms with E-state index in [1.807, 2.05) is 6.07 Å². The lowest BCUT2D eigenvalue weighted by Crippen LogP contribution is -2.34. The second-order valence-electron chi connectivity index (χ2n) is 3.20. The fourth-order valence-corrected chi connectivity index (χ4v) is 1.60. The number of benzene rings is 1. The second kappa shape index (κ2) is 6.23. The maximum atomic E-state index is 11.3. The molecule has 1 rings (SSSR count). The predicted molar refractivity (Wildman–Crippen MR) is 65.4 cm³/mol. The van der Waals surface area contributed by atoms with Gasteiger partial charge in [-0.25, -0.2) is 4.79 Å². The molecule has 0 saturated carbocycles. The zero-order valence-electron chi connectivity index (χ0n) is 9.11. The van der Waals surface area contributed by atoms with Crippen LogP contribution in [0.25, 0.3) is 0 Å². The van der Waals surface area contributed by atoms with Gasteiger partial charge >= 0.3 is 5.97 Å². The minimum Gasteiger partial charge on any atom is -0.467 e. The molecule has 0 aromatic heterocycles. The highest BCUT2D eigenvalue weighted by Crippen LogP contribution is 2.21. The van der Waals surface area contributed by atoms with Crippen molar-refractivity contribution in [3.8, 4) is 6.07 Å². The quantitative estimate of drug-likeness (QED) is 0.818. The van der Waals surface area contributed by atoms with E-state index in [1.165, 1.54) is 7.11 Å². The summed E-state index contributed by atoms with van der Waals surface area (Å²) in [4.78, 5) is 11.3. The molecule has 0 aliphatic rings. The lowest BCUT2D eigenvalue weighted by atomic mass is 10.1. The summed E-state index contributed by atoms with van der Waals surface area (Å²) in [7, 11) is 1.23. The van der Waals surface area contributed by atoms with Crippen LogP contribution in [0.2, 0.25) is 0 Å². The summed E-state index contributed by atoms with van der Waals surface area (Å²) in [6, 6.07) is 6.09. The Morgan fingerprint density at radius 2 is 2.41 bits per heavy atom. The van der Waals surface area contributed by atoms with Gasteiger partial charge in [0.2, 0.25) is 0 Å². The molecule has 2 N–H and O–H groups in total. The summed E-state index contributed by atoms with van der Waals surface area (Å²) >= 11 is 3.26. The van der Waals surface area contributed by atoms with Crippen molar-refractivity contribution < 1.29 is 14.6 Å². The van der Waals surface area contributed by atoms with E-state index in [9.17, 15) is 4.79 Å².